The van der Waals surface area contributed by atoms with Crippen LogP contribution in [0.1, 0.15) is 12.8 Å². The van der Waals surface area contributed by atoms with Crippen molar-refractivity contribution in [3.8, 4) is 12.0 Å². The molecule has 1 amide bonds. The third kappa shape index (κ3) is 1.41. The van der Waals surface area contributed by atoms with E-state index in [2.05, 4.69) is 5.92 Å². The SMILES string of the molecule is O=C1CCCN1CC#CO. The van der Waals surface area contributed by atoms with Crippen LogP contribution < -0.4 is 0 Å². The number of carbonyl (C=O) groups is 1. The molecule has 1 heterocycles. The van der Waals surface area contributed by atoms with Gasteiger partial charge in [0.05, 0.1) is 6.54 Å². The van der Waals surface area contributed by atoms with Gasteiger partial charge in [-0.1, -0.05) is 0 Å². The number of rotatable bonds is 1. The minimum atomic E-state index is 0.141. The first-order valence-corrected chi connectivity index (χ1v) is 3.24. The molecule has 0 bridgehead atoms. The van der Waals surface area contributed by atoms with Crippen molar-refractivity contribution in [1.82, 2.24) is 4.90 Å². The van der Waals surface area contributed by atoms with E-state index in [1.54, 1.807) is 11.0 Å². The molecule has 0 aromatic heterocycles. The molecule has 0 aromatic rings. The highest BCUT2D eigenvalue weighted by molar-refractivity contribution is 5.78. The molecule has 0 saturated carbocycles. The van der Waals surface area contributed by atoms with Crippen molar-refractivity contribution >= 4 is 5.91 Å². The summed E-state index contributed by atoms with van der Waals surface area (Å²) in [7, 11) is 0. The van der Waals surface area contributed by atoms with Crippen LogP contribution in [0.3, 0.4) is 0 Å². The number of aliphatic hydroxyl groups excluding tert-OH is 1. The molecule has 0 aliphatic carbocycles. The summed E-state index contributed by atoms with van der Waals surface area (Å²) < 4.78 is 0. The second-order valence-electron chi connectivity index (χ2n) is 2.21. The van der Waals surface area contributed by atoms with Crippen LogP contribution in [0.25, 0.3) is 0 Å². The molecule has 1 aliphatic heterocycles. The first-order chi connectivity index (χ1) is 4.84. The van der Waals surface area contributed by atoms with Crippen LogP contribution in [0.15, 0.2) is 0 Å². The topological polar surface area (TPSA) is 40.5 Å². The first-order valence-electron chi connectivity index (χ1n) is 3.24. The molecule has 3 nitrogen and oxygen atoms in total. The maximum absolute atomic E-state index is 10.9. The fourth-order valence-electron chi connectivity index (χ4n) is 1.00. The fourth-order valence-corrected chi connectivity index (χ4v) is 1.00. The zero-order chi connectivity index (χ0) is 7.40. The van der Waals surface area contributed by atoms with E-state index < -0.39 is 0 Å². The van der Waals surface area contributed by atoms with Crippen molar-refractivity contribution < 1.29 is 9.90 Å². The van der Waals surface area contributed by atoms with E-state index in [0.29, 0.717) is 13.0 Å². The molecule has 0 radical (unpaired) electrons. The number of aliphatic hydroxyl groups is 1. The number of carbonyl (C=O) groups excluding carboxylic acids is 1. The molecular weight excluding hydrogens is 130 g/mol. The smallest absolute Gasteiger partial charge is 0.223 e. The molecule has 10 heavy (non-hydrogen) atoms. The van der Waals surface area contributed by atoms with E-state index in [4.69, 9.17) is 5.11 Å². The van der Waals surface area contributed by atoms with Gasteiger partial charge in [-0.05, 0) is 12.3 Å². The van der Waals surface area contributed by atoms with Crippen LogP contribution in [0.2, 0.25) is 0 Å². The van der Waals surface area contributed by atoms with Crippen molar-refractivity contribution in [2.24, 2.45) is 0 Å². The molecule has 0 atom stereocenters. The maximum atomic E-state index is 10.9. The van der Waals surface area contributed by atoms with Gasteiger partial charge in [-0.2, -0.15) is 0 Å². The van der Waals surface area contributed by atoms with Gasteiger partial charge >= 0.3 is 0 Å². The zero-order valence-corrected chi connectivity index (χ0v) is 5.63. The standard InChI is InChI=1S/C7H9NO2/c9-6-2-5-8-4-1-3-7(8)10/h9H,1,3-5H2. The minimum Gasteiger partial charge on any atom is -0.462 e. The number of hydrogen-bond acceptors (Lipinski definition) is 2. The molecule has 54 valence electrons. The number of hydrogen-bond donors (Lipinski definition) is 1. The Morgan fingerprint density at radius 2 is 2.50 bits per heavy atom. The Morgan fingerprint density at radius 3 is 3.00 bits per heavy atom. The minimum absolute atomic E-state index is 0.141. The van der Waals surface area contributed by atoms with E-state index >= 15 is 0 Å². The molecule has 1 aliphatic rings. The van der Waals surface area contributed by atoms with E-state index in [0.717, 1.165) is 13.0 Å². The number of likely N-dealkylation sites (tertiary alicyclic amines) is 1. The lowest BCUT2D eigenvalue weighted by Crippen LogP contribution is -2.24. The molecule has 0 unspecified atom stereocenters. The van der Waals surface area contributed by atoms with Crippen molar-refractivity contribution in [1.29, 1.82) is 0 Å². The average molecular weight is 139 g/mol. The summed E-state index contributed by atoms with van der Waals surface area (Å²) in [5, 5.41) is 8.11. The molecule has 1 fully saturated rings. The van der Waals surface area contributed by atoms with Crippen molar-refractivity contribution in [2.45, 2.75) is 12.8 Å². The summed E-state index contributed by atoms with van der Waals surface area (Å²) >= 11 is 0. The van der Waals surface area contributed by atoms with Gasteiger partial charge in [0.1, 0.15) is 6.11 Å². The van der Waals surface area contributed by atoms with E-state index in [1.807, 2.05) is 0 Å². The van der Waals surface area contributed by atoms with Gasteiger partial charge in [-0.15, -0.1) is 0 Å². The van der Waals surface area contributed by atoms with E-state index in [9.17, 15) is 4.79 Å². The number of nitrogens with zero attached hydrogens (tertiary/aromatic N) is 1. The Kier molecular flexibility index (Phi) is 2.16. The van der Waals surface area contributed by atoms with Gasteiger partial charge in [0.25, 0.3) is 0 Å². The first kappa shape index (κ1) is 6.94. The summed E-state index contributed by atoms with van der Waals surface area (Å²) in [5.41, 5.74) is 0. The summed E-state index contributed by atoms with van der Waals surface area (Å²) in [6.45, 7) is 1.16. The van der Waals surface area contributed by atoms with Crippen LogP contribution in [-0.4, -0.2) is 29.0 Å². The fraction of sp³-hybridized carbons (Fsp3) is 0.571. The quantitative estimate of drug-likeness (QED) is 0.517. The molecule has 0 aromatic carbocycles. The Bertz CT molecular complexity index is 190. The monoisotopic (exact) mass is 139 g/mol. The maximum Gasteiger partial charge on any atom is 0.223 e. The highest BCUT2D eigenvalue weighted by atomic mass is 16.2. The summed E-state index contributed by atoms with van der Waals surface area (Å²) in [4.78, 5) is 12.5. The largest absolute Gasteiger partial charge is 0.462 e. The molecular formula is C7H9NO2. The predicted octanol–water partition coefficient (Wildman–Crippen LogP) is -0.0578. The molecule has 1 rings (SSSR count). The van der Waals surface area contributed by atoms with Crippen LogP contribution in [0.5, 0.6) is 0 Å². The normalized spacial score (nSPS) is 16.8. The van der Waals surface area contributed by atoms with Gasteiger partial charge in [-0.3, -0.25) is 4.79 Å². The van der Waals surface area contributed by atoms with Gasteiger partial charge in [-0.25, -0.2) is 0 Å². The summed E-state index contributed by atoms with van der Waals surface area (Å²) in [6.07, 6.45) is 3.33. The highest BCUT2D eigenvalue weighted by Crippen LogP contribution is 2.07. The Balaban J connectivity index is 2.38. The van der Waals surface area contributed by atoms with Crippen LogP contribution in [0.4, 0.5) is 0 Å². The van der Waals surface area contributed by atoms with E-state index in [1.165, 1.54) is 0 Å². The zero-order valence-electron chi connectivity index (χ0n) is 5.63. The lowest BCUT2D eigenvalue weighted by molar-refractivity contribution is -0.127. The lowest BCUT2D eigenvalue weighted by Gasteiger charge is -2.09. The van der Waals surface area contributed by atoms with Crippen LogP contribution >= 0.6 is 0 Å². The predicted molar refractivity (Wildman–Crippen MR) is 35.5 cm³/mol. The average Bonchev–Trinajstić information content (AvgIpc) is 2.31. The second-order valence-corrected chi connectivity index (χ2v) is 2.21. The number of amides is 1. The van der Waals surface area contributed by atoms with Gasteiger partial charge in [0.15, 0.2) is 0 Å². The highest BCUT2D eigenvalue weighted by Gasteiger charge is 2.18. The Morgan fingerprint density at radius 1 is 1.70 bits per heavy atom. The van der Waals surface area contributed by atoms with Crippen molar-refractivity contribution in [2.75, 3.05) is 13.1 Å². The molecule has 0 spiro atoms. The van der Waals surface area contributed by atoms with Gasteiger partial charge in [0.2, 0.25) is 5.91 Å². The second kappa shape index (κ2) is 3.11. The van der Waals surface area contributed by atoms with Crippen molar-refractivity contribution in [3.05, 3.63) is 0 Å². The van der Waals surface area contributed by atoms with Gasteiger partial charge < -0.3 is 10.0 Å². The van der Waals surface area contributed by atoms with Gasteiger partial charge in [0, 0.05) is 13.0 Å². The lowest BCUT2D eigenvalue weighted by atomic mass is 10.4. The van der Waals surface area contributed by atoms with Crippen LogP contribution in [-0.2, 0) is 4.79 Å². The van der Waals surface area contributed by atoms with Crippen LogP contribution in [0, 0.1) is 12.0 Å². The molecule has 1 saturated heterocycles. The Hall–Kier alpha value is -1.17. The summed E-state index contributed by atoms with van der Waals surface area (Å²) in [5.74, 6) is 2.57. The third-order valence-electron chi connectivity index (χ3n) is 1.52. The summed E-state index contributed by atoms with van der Waals surface area (Å²) in [6, 6.07) is 0. The van der Waals surface area contributed by atoms with E-state index in [-0.39, 0.29) is 5.91 Å². The molecule has 3 heteroatoms. The van der Waals surface area contributed by atoms with Crippen molar-refractivity contribution in [3.63, 3.8) is 0 Å². The molecule has 1 N–H and O–H groups in total. The Labute approximate surface area is 59.6 Å². The third-order valence-corrected chi connectivity index (χ3v) is 1.52.